The summed E-state index contributed by atoms with van der Waals surface area (Å²) in [5.74, 6) is 0.659. The van der Waals surface area contributed by atoms with Crippen molar-refractivity contribution >= 4 is 11.9 Å². The van der Waals surface area contributed by atoms with Crippen molar-refractivity contribution in [3.8, 4) is 5.75 Å². The van der Waals surface area contributed by atoms with Gasteiger partial charge in [0.25, 0.3) is 0 Å². The lowest BCUT2D eigenvalue weighted by Gasteiger charge is -2.18. The number of rotatable bonds is 12. The van der Waals surface area contributed by atoms with Crippen molar-refractivity contribution in [3.63, 3.8) is 0 Å². The highest BCUT2D eigenvalue weighted by molar-refractivity contribution is 5.89. The third-order valence-electron chi connectivity index (χ3n) is 4.37. The second-order valence-corrected chi connectivity index (χ2v) is 6.81. The minimum absolute atomic E-state index is 0.0932. The van der Waals surface area contributed by atoms with Gasteiger partial charge in [-0.15, -0.1) is 0 Å². The summed E-state index contributed by atoms with van der Waals surface area (Å²) in [4.78, 5) is 24.4. The van der Waals surface area contributed by atoms with Crippen molar-refractivity contribution in [1.29, 1.82) is 0 Å². The van der Waals surface area contributed by atoms with E-state index in [1.807, 2.05) is 61.5 Å². The van der Waals surface area contributed by atoms with Crippen LogP contribution in [0.1, 0.15) is 30.9 Å². The van der Waals surface area contributed by atoms with Crippen LogP contribution in [0.3, 0.4) is 0 Å². The quantitative estimate of drug-likeness (QED) is 0.535. The molecule has 0 aliphatic heterocycles. The van der Waals surface area contributed by atoms with Crippen LogP contribution in [0.25, 0.3) is 0 Å². The van der Waals surface area contributed by atoms with Gasteiger partial charge in [0.1, 0.15) is 12.4 Å². The lowest BCUT2D eigenvalue weighted by Crippen LogP contribution is -2.45. The molecule has 2 aromatic rings. The molecule has 0 bridgehead atoms. The van der Waals surface area contributed by atoms with E-state index in [-0.39, 0.29) is 12.3 Å². The molecule has 1 amide bonds. The summed E-state index contributed by atoms with van der Waals surface area (Å²) in [5.41, 5.74) is 2.03. The predicted molar refractivity (Wildman–Crippen MR) is 113 cm³/mol. The lowest BCUT2D eigenvalue weighted by molar-refractivity contribution is -0.120. The standard InChI is InChI=1S/C23H30N2O4/c1-3-4-14-28-23(27)25-21(22(26)16-24-2)15-18-10-12-20(13-11-18)29-17-19-8-6-5-7-9-19/h5-13,21,24H,3-4,14-17H2,1-2H3,(H,25,27)/t21-/m0/s1. The van der Waals surface area contributed by atoms with Crippen LogP contribution in [0, 0.1) is 0 Å². The summed E-state index contributed by atoms with van der Waals surface area (Å²) in [7, 11) is 1.70. The van der Waals surface area contributed by atoms with Crippen LogP contribution >= 0.6 is 0 Å². The van der Waals surface area contributed by atoms with Crippen molar-refractivity contribution in [2.45, 2.75) is 38.8 Å². The molecule has 0 saturated heterocycles. The Hall–Kier alpha value is -2.86. The average molecular weight is 399 g/mol. The number of ketones is 1. The number of unbranched alkanes of at least 4 members (excludes halogenated alkanes) is 1. The molecule has 6 heteroatoms. The van der Waals surface area contributed by atoms with E-state index in [9.17, 15) is 9.59 Å². The van der Waals surface area contributed by atoms with Gasteiger partial charge in [0.05, 0.1) is 19.2 Å². The first-order valence-corrected chi connectivity index (χ1v) is 9.98. The first-order chi connectivity index (χ1) is 14.1. The summed E-state index contributed by atoms with van der Waals surface area (Å²) >= 11 is 0. The maximum Gasteiger partial charge on any atom is 0.407 e. The van der Waals surface area contributed by atoms with E-state index in [0.29, 0.717) is 19.6 Å². The zero-order valence-corrected chi connectivity index (χ0v) is 17.1. The predicted octanol–water partition coefficient (Wildman–Crippen LogP) is 3.49. The summed E-state index contributed by atoms with van der Waals surface area (Å²) < 4.78 is 10.9. The number of hydrogen-bond acceptors (Lipinski definition) is 5. The lowest BCUT2D eigenvalue weighted by atomic mass is 10.0. The third-order valence-corrected chi connectivity index (χ3v) is 4.37. The second kappa shape index (κ2) is 12.6. The van der Waals surface area contributed by atoms with Crippen LogP contribution in [-0.4, -0.2) is 38.1 Å². The molecule has 0 spiro atoms. The Morgan fingerprint density at radius 2 is 1.72 bits per heavy atom. The van der Waals surface area contributed by atoms with Crippen molar-refractivity contribution in [2.24, 2.45) is 0 Å². The molecule has 0 aliphatic rings. The highest BCUT2D eigenvalue weighted by atomic mass is 16.5. The molecule has 1 atom stereocenters. The topological polar surface area (TPSA) is 76.7 Å². The van der Waals surface area contributed by atoms with E-state index in [1.165, 1.54) is 0 Å². The fourth-order valence-corrected chi connectivity index (χ4v) is 2.73. The molecule has 29 heavy (non-hydrogen) atoms. The molecule has 0 fully saturated rings. The number of nitrogens with one attached hydrogen (secondary N) is 2. The molecule has 0 unspecified atom stereocenters. The van der Waals surface area contributed by atoms with Crippen molar-refractivity contribution in [2.75, 3.05) is 20.2 Å². The molecule has 0 aromatic heterocycles. The van der Waals surface area contributed by atoms with Gasteiger partial charge in [-0.2, -0.15) is 0 Å². The van der Waals surface area contributed by atoms with Crippen LogP contribution in [-0.2, 0) is 22.6 Å². The number of Topliss-reactive ketones (excluding diaryl/α,β-unsaturated/α-hetero) is 1. The molecule has 6 nitrogen and oxygen atoms in total. The Balaban J connectivity index is 1.92. The van der Waals surface area contributed by atoms with Gasteiger partial charge in [-0.25, -0.2) is 4.79 Å². The molecule has 0 aliphatic carbocycles. The Labute approximate surface area is 172 Å². The van der Waals surface area contributed by atoms with E-state index in [2.05, 4.69) is 10.6 Å². The van der Waals surface area contributed by atoms with E-state index in [0.717, 1.165) is 29.7 Å². The summed E-state index contributed by atoms with van der Waals surface area (Å²) in [6.45, 7) is 3.04. The monoisotopic (exact) mass is 398 g/mol. The van der Waals surface area contributed by atoms with Crippen molar-refractivity contribution < 1.29 is 19.1 Å². The van der Waals surface area contributed by atoms with Crippen LogP contribution < -0.4 is 15.4 Å². The van der Waals surface area contributed by atoms with Crippen LogP contribution in [0.5, 0.6) is 5.75 Å². The fraction of sp³-hybridized carbons (Fsp3) is 0.391. The molecular weight excluding hydrogens is 368 g/mol. The van der Waals surface area contributed by atoms with Gasteiger partial charge in [-0.05, 0) is 43.1 Å². The maximum atomic E-state index is 12.4. The largest absolute Gasteiger partial charge is 0.489 e. The number of likely N-dealkylation sites (N-methyl/N-ethyl adjacent to an activating group) is 1. The number of alkyl carbamates (subject to hydrolysis) is 1. The highest BCUT2D eigenvalue weighted by Crippen LogP contribution is 2.15. The number of hydrogen-bond donors (Lipinski definition) is 2. The zero-order chi connectivity index (χ0) is 20.9. The molecule has 2 N–H and O–H groups in total. The minimum Gasteiger partial charge on any atom is -0.489 e. The van der Waals surface area contributed by atoms with E-state index < -0.39 is 12.1 Å². The summed E-state index contributed by atoms with van der Waals surface area (Å²) in [5, 5.41) is 5.53. The smallest absolute Gasteiger partial charge is 0.407 e. The molecular formula is C23H30N2O4. The molecule has 0 heterocycles. The molecule has 2 aromatic carbocycles. The van der Waals surface area contributed by atoms with Crippen LogP contribution in [0.4, 0.5) is 4.79 Å². The Morgan fingerprint density at radius 3 is 2.38 bits per heavy atom. The Morgan fingerprint density at radius 1 is 1.00 bits per heavy atom. The minimum atomic E-state index is -0.646. The van der Waals surface area contributed by atoms with Gasteiger partial charge in [-0.3, -0.25) is 4.79 Å². The average Bonchev–Trinajstić information content (AvgIpc) is 2.74. The maximum absolute atomic E-state index is 12.4. The molecule has 0 saturated carbocycles. The molecule has 156 valence electrons. The molecule has 2 rings (SSSR count). The first-order valence-electron chi connectivity index (χ1n) is 9.98. The van der Waals surface area contributed by atoms with Gasteiger partial charge >= 0.3 is 6.09 Å². The van der Waals surface area contributed by atoms with Gasteiger partial charge in [0, 0.05) is 0 Å². The Bertz CT molecular complexity index is 747. The van der Waals surface area contributed by atoms with Crippen LogP contribution in [0.15, 0.2) is 54.6 Å². The van der Waals surface area contributed by atoms with Crippen molar-refractivity contribution in [3.05, 3.63) is 65.7 Å². The summed E-state index contributed by atoms with van der Waals surface area (Å²) in [6, 6.07) is 16.9. The zero-order valence-electron chi connectivity index (χ0n) is 17.1. The van der Waals surface area contributed by atoms with Gasteiger partial charge in [0.15, 0.2) is 5.78 Å². The highest BCUT2D eigenvalue weighted by Gasteiger charge is 2.21. The first kappa shape index (κ1) is 22.4. The Kier molecular flexibility index (Phi) is 9.72. The van der Waals surface area contributed by atoms with E-state index >= 15 is 0 Å². The number of benzene rings is 2. The van der Waals surface area contributed by atoms with Crippen molar-refractivity contribution in [1.82, 2.24) is 10.6 Å². The van der Waals surface area contributed by atoms with E-state index in [4.69, 9.17) is 9.47 Å². The van der Waals surface area contributed by atoms with Gasteiger partial charge < -0.3 is 20.1 Å². The normalized spacial score (nSPS) is 11.5. The SMILES string of the molecule is CCCCOC(=O)N[C@@H](Cc1ccc(OCc2ccccc2)cc1)C(=O)CNC. The number of carbonyl (C=O) groups is 2. The van der Waals surface area contributed by atoms with E-state index in [1.54, 1.807) is 7.05 Å². The van der Waals surface area contributed by atoms with Crippen LogP contribution in [0.2, 0.25) is 0 Å². The number of carbonyl (C=O) groups excluding carboxylic acids is 2. The molecule has 0 radical (unpaired) electrons. The van der Waals surface area contributed by atoms with Gasteiger partial charge in [-0.1, -0.05) is 55.8 Å². The number of amides is 1. The second-order valence-electron chi connectivity index (χ2n) is 6.81. The fourth-order valence-electron chi connectivity index (χ4n) is 2.73. The third kappa shape index (κ3) is 8.35. The number of ether oxygens (including phenoxy) is 2. The van der Waals surface area contributed by atoms with Gasteiger partial charge in [0.2, 0.25) is 0 Å². The summed E-state index contributed by atoms with van der Waals surface area (Å²) in [6.07, 6.45) is 1.57.